The lowest BCUT2D eigenvalue weighted by atomic mass is 9.76. The molecule has 0 radical (unpaired) electrons. The Morgan fingerprint density at radius 3 is 1.74 bits per heavy atom. The Bertz CT molecular complexity index is 3060. The van der Waals surface area contributed by atoms with Gasteiger partial charge in [-0.1, -0.05) is 58.7 Å². The maximum Gasteiger partial charge on any atom is 0.297 e. The number of fused-ring (bicyclic) bond motifs is 2. The highest BCUT2D eigenvalue weighted by atomic mass is 32.2. The third-order valence-electron chi connectivity index (χ3n) is 13.3. The van der Waals surface area contributed by atoms with Gasteiger partial charge in [0.2, 0.25) is 11.9 Å². The Morgan fingerprint density at radius 2 is 1.22 bits per heavy atom. The molecule has 0 spiro atoms. The number of anilines is 6. The monoisotopic (exact) mass is 1070 g/mol. The van der Waals surface area contributed by atoms with Gasteiger partial charge in [0.15, 0.2) is 21.7 Å². The largest absolute Gasteiger partial charge is 0.494 e. The summed E-state index contributed by atoms with van der Waals surface area (Å²) in [5.41, 5.74) is 3.80. The van der Waals surface area contributed by atoms with Crippen molar-refractivity contribution in [2.24, 2.45) is 31.3 Å². The van der Waals surface area contributed by atoms with Crippen LogP contribution in [0.15, 0.2) is 60.8 Å². The number of aromatic nitrogens is 3. The van der Waals surface area contributed by atoms with Crippen molar-refractivity contribution in [3.05, 3.63) is 51.2 Å². The van der Waals surface area contributed by atoms with Crippen molar-refractivity contribution in [2.75, 3.05) is 60.8 Å². The van der Waals surface area contributed by atoms with Crippen LogP contribution in [-0.2, 0) is 23.0 Å². The number of rotatable bonds is 19. The number of carbonyl (C=O) groups excluding carboxylic acids is 2. The van der Waals surface area contributed by atoms with E-state index >= 15 is 0 Å². The summed E-state index contributed by atoms with van der Waals surface area (Å²) in [4.78, 5) is 46.2. The first kappa shape index (κ1) is 53.7. The molecule has 1 fully saturated rings. The molecule has 3 aromatic heterocycles. The van der Waals surface area contributed by atoms with Crippen molar-refractivity contribution in [2.45, 2.75) is 128 Å². The second-order valence-corrected chi connectivity index (χ2v) is 24.7. The Kier molecular flexibility index (Phi) is 16.3. The fourth-order valence-electron chi connectivity index (χ4n) is 9.86. The number of azo groups is 2. The molecule has 2 aromatic carbocycles. The molecule has 390 valence electrons. The van der Waals surface area contributed by atoms with Gasteiger partial charge >= 0.3 is 0 Å². The highest BCUT2D eigenvalue weighted by Gasteiger charge is 2.39. The molecule has 0 atom stereocenters. The van der Waals surface area contributed by atoms with Gasteiger partial charge in [-0.2, -0.15) is 23.4 Å². The Hall–Kier alpha value is -5.55. The van der Waals surface area contributed by atoms with Crippen LogP contribution in [0.2, 0.25) is 0 Å². The Morgan fingerprint density at radius 1 is 0.699 bits per heavy atom. The number of thioether (sulfide) groups is 1. The zero-order valence-electron chi connectivity index (χ0n) is 43.2. The summed E-state index contributed by atoms with van der Waals surface area (Å²) in [6, 6.07) is 9.28. The second kappa shape index (κ2) is 22.1. The number of nitrogens with zero attached hydrogens (tertiary/aromatic N) is 9. The molecule has 0 saturated heterocycles. The fraction of sp³-hybridized carbons (Fsp3) is 0.510. The number of hydrogen-bond donors (Lipinski definition) is 3. The van der Waals surface area contributed by atoms with Crippen LogP contribution in [0.5, 0.6) is 11.5 Å². The van der Waals surface area contributed by atoms with Crippen LogP contribution in [-0.4, -0.2) is 85.1 Å². The van der Waals surface area contributed by atoms with Gasteiger partial charge in [0.1, 0.15) is 32.8 Å². The van der Waals surface area contributed by atoms with Gasteiger partial charge in [0.25, 0.3) is 10.1 Å². The molecule has 0 bridgehead atoms. The minimum Gasteiger partial charge on any atom is -0.494 e. The quantitative estimate of drug-likeness (QED) is 0.0516. The summed E-state index contributed by atoms with van der Waals surface area (Å²) in [6.07, 6.45) is 7.19. The molecule has 0 unspecified atom stereocenters. The number of ether oxygens (including phenoxy) is 2. The zero-order chi connectivity index (χ0) is 52.4. The predicted molar refractivity (Wildman–Crippen MR) is 292 cm³/mol. The van der Waals surface area contributed by atoms with E-state index in [0.717, 1.165) is 65.3 Å². The van der Waals surface area contributed by atoms with Crippen LogP contribution in [0, 0.1) is 10.8 Å². The van der Waals surface area contributed by atoms with E-state index in [1.165, 1.54) is 17.8 Å². The second-order valence-electron chi connectivity index (χ2n) is 20.1. The first-order chi connectivity index (χ1) is 34.7. The van der Waals surface area contributed by atoms with E-state index < -0.39 is 20.4 Å². The van der Waals surface area contributed by atoms with Crippen molar-refractivity contribution >= 4 is 112 Å². The summed E-state index contributed by atoms with van der Waals surface area (Å²) in [6.45, 7) is 18.9. The highest BCUT2D eigenvalue weighted by molar-refractivity contribution is 7.99. The lowest BCUT2D eigenvalue weighted by Gasteiger charge is -2.28. The minimum atomic E-state index is -4.81. The van der Waals surface area contributed by atoms with Crippen molar-refractivity contribution < 1.29 is 32.0 Å². The van der Waals surface area contributed by atoms with E-state index in [4.69, 9.17) is 29.5 Å². The lowest BCUT2D eigenvalue weighted by molar-refractivity contribution is 0.0907. The van der Waals surface area contributed by atoms with Crippen molar-refractivity contribution in [3.8, 4) is 11.5 Å². The van der Waals surface area contributed by atoms with E-state index in [-0.39, 0.29) is 68.1 Å². The predicted octanol–water partition coefficient (Wildman–Crippen LogP) is 14.0. The summed E-state index contributed by atoms with van der Waals surface area (Å²) >= 11 is 3.84. The van der Waals surface area contributed by atoms with E-state index in [1.54, 1.807) is 32.0 Å². The smallest absolute Gasteiger partial charge is 0.297 e. The molecule has 3 aliphatic carbocycles. The molecule has 73 heavy (non-hydrogen) atoms. The van der Waals surface area contributed by atoms with Gasteiger partial charge < -0.3 is 29.9 Å². The van der Waals surface area contributed by atoms with Crippen molar-refractivity contribution in [3.63, 3.8) is 0 Å². The standard InChI is InChI=1S/C51H65N11O7S4/c1-11-61(12-2)36-21-32(34(23-40(36)68-9)57-59-42-20-29-25-50(5,6)27-38(63)43(29)71-42)52-47-54-48(56-49(55-47)70-30-18-16-15-17-19-30)53-33-22-37(62(13-3)14-4)41(69-10)24-35(33)58-60-46-45(73(65,66)67)31-26-51(7,8)28-39(64)44(31)72-46/h20-24,30H,11-19,25-28H2,1-10H3,(H,65,66,67)(H2,52,53,54,55,56). The van der Waals surface area contributed by atoms with Crippen molar-refractivity contribution in [1.82, 2.24) is 15.0 Å². The molecule has 5 aromatic rings. The number of methoxy groups -OCH3 is 2. The molecular formula is C51H65N11O7S4. The first-order valence-corrected chi connectivity index (χ1v) is 28.8. The summed E-state index contributed by atoms with van der Waals surface area (Å²) in [7, 11) is -1.63. The summed E-state index contributed by atoms with van der Waals surface area (Å²) in [5, 5.41) is 26.7. The summed E-state index contributed by atoms with van der Waals surface area (Å²) in [5.74, 6) is 1.39. The van der Waals surface area contributed by atoms with Gasteiger partial charge in [-0.3, -0.25) is 14.1 Å². The topological polar surface area (TPSA) is 226 Å². The molecule has 22 heteroatoms. The maximum atomic E-state index is 13.3. The number of thiophene rings is 2. The van der Waals surface area contributed by atoms with E-state index in [1.807, 2.05) is 52.0 Å². The number of benzene rings is 2. The fourth-order valence-corrected chi connectivity index (χ4v) is 14.2. The maximum absolute atomic E-state index is 13.3. The van der Waals surface area contributed by atoms with E-state index in [0.29, 0.717) is 71.3 Å². The molecule has 3 heterocycles. The lowest BCUT2D eigenvalue weighted by Crippen LogP contribution is -2.26. The third-order valence-corrected chi connectivity index (χ3v) is 17.9. The van der Waals surface area contributed by atoms with Gasteiger partial charge in [-0.25, -0.2) is 0 Å². The molecule has 8 rings (SSSR count). The number of hydrogen-bond acceptors (Lipinski definition) is 20. The molecule has 0 aliphatic heterocycles. The number of nitrogens with one attached hydrogen (secondary N) is 2. The molecular weight excluding hydrogens is 1010 g/mol. The van der Waals surface area contributed by atoms with Crippen molar-refractivity contribution in [1.29, 1.82) is 0 Å². The van der Waals surface area contributed by atoms with Crippen LogP contribution >= 0.6 is 34.4 Å². The number of ketones is 2. The van der Waals surface area contributed by atoms with Crippen LogP contribution in [0.25, 0.3) is 0 Å². The van der Waals surface area contributed by atoms with Gasteiger partial charge in [-0.15, -0.1) is 43.1 Å². The molecule has 1 saturated carbocycles. The van der Waals surface area contributed by atoms with Crippen LogP contribution in [0.3, 0.4) is 0 Å². The first-order valence-electron chi connectivity index (χ1n) is 24.8. The van der Waals surface area contributed by atoms with E-state index in [9.17, 15) is 22.6 Å². The van der Waals surface area contributed by atoms with Crippen LogP contribution in [0.1, 0.15) is 131 Å². The average Bonchev–Trinajstić information content (AvgIpc) is 3.92. The number of carbonyl (C=O) groups is 2. The van der Waals surface area contributed by atoms with E-state index in [2.05, 4.69) is 63.5 Å². The normalized spacial score (nSPS) is 16.7. The van der Waals surface area contributed by atoms with Crippen LogP contribution in [0.4, 0.5) is 56.0 Å². The Balaban J connectivity index is 1.24. The molecule has 18 nitrogen and oxygen atoms in total. The highest BCUT2D eigenvalue weighted by Crippen LogP contribution is 2.49. The van der Waals surface area contributed by atoms with Gasteiger partial charge in [-0.05, 0) is 93.5 Å². The number of Topliss-reactive ketones (excluding diaryl/α,β-unsaturated/α-hetero) is 2. The minimum absolute atomic E-state index is 0.109. The van der Waals surface area contributed by atoms with Gasteiger partial charge in [0.05, 0.1) is 46.7 Å². The SMILES string of the molecule is CCN(CC)c1cc(Nc2nc(Nc3cc(N(CC)CC)c(OC)cc3N=Nc3sc4c(c3S(=O)(=O)O)CC(C)(C)CC4=O)nc(SC3CCCCC3)n2)c(N=Nc2cc3c(s2)C(=O)CC(C)(C)C3)cc1OC. The van der Waals surface area contributed by atoms with Crippen LogP contribution < -0.4 is 29.9 Å². The Labute approximate surface area is 440 Å². The molecule has 3 aliphatic rings. The summed E-state index contributed by atoms with van der Waals surface area (Å²) < 4.78 is 48.4. The average molecular weight is 1070 g/mol. The van der Waals surface area contributed by atoms with Gasteiger partial charge in [0, 0.05) is 56.4 Å². The zero-order valence-corrected chi connectivity index (χ0v) is 46.5. The third kappa shape index (κ3) is 12.2. The molecule has 0 amide bonds. The molecule has 3 N–H and O–H groups in total.